The van der Waals surface area contributed by atoms with Crippen molar-refractivity contribution >= 4 is 17.4 Å². The van der Waals surface area contributed by atoms with E-state index in [9.17, 15) is 4.79 Å². The summed E-state index contributed by atoms with van der Waals surface area (Å²) in [7, 11) is 2.03. The molecule has 29 heavy (non-hydrogen) atoms. The molecule has 148 valence electrons. The minimum absolute atomic E-state index is 0.0112. The van der Waals surface area contributed by atoms with Crippen molar-refractivity contribution in [2.24, 2.45) is 0 Å². The Morgan fingerprint density at radius 2 is 1.69 bits per heavy atom. The second-order valence-electron chi connectivity index (χ2n) is 7.21. The van der Waals surface area contributed by atoms with Crippen LogP contribution in [0.25, 0.3) is 0 Å². The molecule has 6 nitrogen and oxygen atoms in total. The monoisotopic (exact) mass is 387 g/mol. The van der Waals surface area contributed by atoms with Crippen LogP contribution < -0.4 is 9.80 Å². The Bertz CT molecular complexity index is 923. The molecule has 0 atom stereocenters. The maximum Gasteiger partial charge on any atom is 0.272 e. The second-order valence-corrected chi connectivity index (χ2v) is 7.21. The summed E-state index contributed by atoms with van der Waals surface area (Å²) in [6, 6.07) is 20.0. The van der Waals surface area contributed by atoms with E-state index in [4.69, 9.17) is 0 Å². The third-order valence-corrected chi connectivity index (χ3v) is 5.21. The van der Waals surface area contributed by atoms with Gasteiger partial charge < -0.3 is 14.7 Å². The molecule has 0 aliphatic carbocycles. The van der Waals surface area contributed by atoms with Crippen molar-refractivity contribution in [2.75, 3.05) is 43.0 Å². The molecule has 2 aromatic heterocycles. The molecule has 3 heterocycles. The minimum atomic E-state index is -0.0112. The number of aromatic nitrogens is 2. The van der Waals surface area contributed by atoms with Gasteiger partial charge in [0.2, 0.25) is 0 Å². The number of hydrogen-bond acceptors (Lipinski definition) is 5. The molecule has 0 spiro atoms. The first kappa shape index (κ1) is 18.9. The molecule has 1 saturated heterocycles. The molecule has 3 aromatic rings. The van der Waals surface area contributed by atoms with Gasteiger partial charge in [-0.2, -0.15) is 0 Å². The van der Waals surface area contributed by atoms with E-state index in [2.05, 4.69) is 31.9 Å². The zero-order valence-corrected chi connectivity index (χ0v) is 16.6. The van der Waals surface area contributed by atoms with Crippen molar-refractivity contribution in [1.29, 1.82) is 0 Å². The molecule has 0 radical (unpaired) electrons. The van der Waals surface area contributed by atoms with Crippen LogP contribution in [0, 0.1) is 0 Å². The molecular formula is C23H25N5O. The van der Waals surface area contributed by atoms with Gasteiger partial charge in [-0.3, -0.25) is 4.79 Å². The van der Waals surface area contributed by atoms with Crippen LogP contribution >= 0.6 is 0 Å². The lowest BCUT2D eigenvalue weighted by molar-refractivity contribution is 0.0740. The fourth-order valence-corrected chi connectivity index (χ4v) is 3.53. The molecule has 1 fully saturated rings. The Balaban J connectivity index is 1.35. The van der Waals surface area contributed by atoms with E-state index in [0.717, 1.165) is 31.1 Å². The van der Waals surface area contributed by atoms with Crippen molar-refractivity contribution in [3.05, 3.63) is 84.3 Å². The standard InChI is InChI=1S/C23H25N5O/c1-26(18-19-7-3-2-4-8-19)20-10-11-21(25-17-20)23(29)28-15-13-27(14-16-28)22-9-5-6-12-24-22/h2-12,17H,13-16,18H2,1H3. The number of carbonyl (C=O) groups excluding carboxylic acids is 1. The van der Waals surface area contributed by atoms with Crippen molar-refractivity contribution in [3.8, 4) is 0 Å². The van der Waals surface area contributed by atoms with Crippen molar-refractivity contribution in [3.63, 3.8) is 0 Å². The molecule has 1 amide bonds. The largest absolute Gasteiger partial charge is 0.369 e. The van der Waals surface area contributed by atoms with Crippen molar-refractivity contribution in [2.45, 2.75) is 6.54 Å². The highest BCUT2D eigenvalue weighted by molar-refractivity contribution is 5.92. The maximum absolute atomic E-state index is 12.8. The zero-order valence-electron chi connectivity index (χ0n) is 16.6. The second kappa shape index (κ2) is 8.73. The van der Waals surface area contributed by atoms with E-state index < -0.39 is 0 Å². The average Bonchev–Trinajstić information content (AvgIpc) is 2.80. The first-order valence-electron chi connectivity index (χ1n) is 9.87. The van der Waals surface area contributed by atoms with E-state index in [1.54, 1.807) is 12.4 Å². The molecule has 1 aliphatic rings. The molecule has 0 bridgehead atoms. The van der Waals surface area contributed by atoms with Gasteiger partial charge in [-0.1, -0.05) is 36.4 Å². The number of carbonyl (C=O) groups is 1. The number of hydrogen-bond donors (Lipinski definition) is 0. The Kier molecular flexibility index (Phi) is 5.70. The van der Waals surface area contributed by atoms with E-state index in [0.29, 0.717) is 18.8 Å². The number of nitrogens with zero attached hydrogens (tertiary/aromatic N) is 5. The number of benzene rings is 1. The fraction of sp³-hybridized carbons (Fsp3) is 0.261. The zero-order chi connectivity index (χ0) is 20.1. The van der Waals surface area contributed by atoms with Gasteiger partial charge in [-0.25, -0.2) is 9.97 Å². The van der Waals surface area contributed by atoms with Crippen molar-refractivity contribution < 1.29 is 4.79 Å². The lowest BCUT2D eigenvalue weighted by Gasteiger charge is -2.35. The molecule has 6 heteroatoms. The quantitative estimate of drug-likeness (QED) is 0.673. The molecule has 1 aromatic carbocycles. The smallest absolute Gasteiger partial charge is 0.272 e. The summed E-state index contributed by atoms with van der Waals surface area (Å²) in [4.78, 5) is 27.9. The van der Waals surface area contributed by atoms with Crippen LogP contribution in [-0.4, -0.2) is 54.0 Å². The van der Waals surface area contributed by atoms with Gasteiger partial charge in [0.15, 0.2) is 0 Å². The van der Waals surface area contributed by atoms with Gasteiger partial charge in [0.25, 0.3) is 5.91 Å². The predicted octanol–water partition coefficient (Wildman–Crippen LogP) is 3.08. The number of anilines is 2. The lowest BCUT2D eigenvalue weighted by Crippen LogP contribution is -2.49. The maximum atomic E-state index is 12.8. The molecule has 0 N–H and O–H groups in total. The van der Waals surface area contributed by atoms with E-state index in [1.807, 2.05) is 60.5 Å². The van der Waals surface area contributed by atoms with Gasteiger partial charge in [0.05, 0.1) is 11.9 Å². The Morgan fingerprint density at radius 1 is 0.931 bits per heavy atom. The fourth-order valence-electron chi connectivity index (χ4n) is 3.53. The van der Waals surface area contributed by atoms with Crippen LogP contribution in [-0.2, 0) is 6.54 Å². The SMILES string of the molecule is CN(Cc1ccccc1)c1ccc(C(=O)N2CCN(c3ccccn3)CC2)nc1. The average molecular weight is 387 g/mol. The first-order chi connectivity index (χ1) is 14.2. The topological polar surface area (TPSA) is 52.6 Å². The van der Waals surface area contributed by atoms with Gasteiger partial charge in [-0.05, 0) is 29.8 Å². The van der Waals surface area contributed by atoms with E-state index >= 15 is 0 Å². The predicted molar refractivity (Wildman–Crippen MR) is 115 cm³/mol. The molecule has 0 unspecified atom stereocenters. The Labute approximate surface area is 171 Å². The molecular weight excluding hydrogens is 362 g/mol. The van der Waals surface area contributed by atoms with Gasteiger partial charge in [-0.15, -0.1) is 0 Å². The summed E-state index contributed by atoms with van der Waals surface area (Å²) in [6.07, 6.45) is 3.58. The molecule has 4 rings (SSSR count). The van der Waals surface area contributed by atoms with Crippen LogP contribution in [0.15, 0.2) is 73.1 Å². The highest BCUT2D eigenvalue weighted by Gasteiger charge is 2.23. The van der Waals surface area contributed by atoms with Crippen molar-refractivity contribution in [1.82, 2.24) is 14.9 Å². The van der Waals surface area contributed by atoms with Crippen LogP contribution in [0.2, 0.25) is 0 Å². The number of amides is 1. The van der Waals surface area contributed by atoms with Gasteiger partial charge in [0.1, 0.15) is 11.5 Å². The summed E-state index contributed by atoms with van der Waals surface area (Å²) >= 11 is 0. The molecule has 1 aliphatic heterocycles. The highest BCUT2D eigenvalue weighted by atomic mass is 16.2. The van der Waals surface area contributed by atoms with Crippen LogP contribution in [0.4, 0.5) is 11.5 Å². The first-order valence-corrected chi connectivity index (χ1v) is 9.87. The Hall–Kier alpha value is -3.41. The number of piperazine rings is 1. The summed E-state index contributed by atoms with van der Waals surface area (Å²) in [5, 5.41) is 0. The third kappa shape index (κ3) is 4.54. The van der Waals surface area contributed by atoms with Gasteiger partial charge >= 0.3 is 0 Å². The van der Waals surface area contributed by atoms with Crippen LogP contribution in [0.3, 0.4) is 0 Å². The van der Waals surface area contributed by atoms with Crippen LogP contribution in [0.1, 0.15) is 16.1 Å². The number of pyridine rings is 2. The Morgan fingerprint density at radius 3 is 2.34 bits per heavy atom. The van der Waals surface area contributed by atoms with Gasteiger partial charge in [0, 0.05) is 46.0 Å². The summed E-state index contributed by atoms with van der Waals surface area (Å²) in [5.74, 6) is 0.950. The normalized spacial score (nSPS) is 14.0. The minimum Gasteiger partial charge on any atom is -0.369 e. The van der Waals surface area contributed by atoms with E-state index in [1.165, 1.54) is 5.56 Å². The summed E-state index contributed by atoms with van der Waals surface area (Å²) in [6.45, 7) is 3.70. The lowest BCUT2D eigenvalue weighted by atomic mass is 10.2. The van der Waals surface area contributed by atoms with E-state index in [-0.39, 0.29) is 5.91 Å². The highest BCUT2D eigenvalue weighted by Crippen LogP contribution is 2.17. The summed E-state index contributed by atoms with van der Waals surface area (Å²) < 4.78 is 0. The number of rotatable bonds is 5. The van der Waals surface area contributed by atoms with Crippen LogP contribution in [0.5, 0.6) is 0 Å². The molecule has 0 saturated carbocycles. The summed E-state index contributed by atoms with van der Waals surface area (Å²) in [5.41, 5.74) is 2.72. The third-order valence-electron chi connectivity index (χ3n) is 5.21.